The first-order chi connectivity index (χ1) is 4.63. The summed E-state index contributed by atoms with van der Waals surface area (Å²) in [5.74, 6) is 0. The molecule has 0 atom stereocenters. The zero-order valence-corrected chi connectivity index (χ0v) is 6.09. The maximum atomic E-state index is 10.0. The number of nitrogens with one attached hydrogen (secondary N) is 1. The van der Waals surface area contributed by atoms with Crippen molar-refractivity contribution in [3.8, 4) is 0 Å². The van der Waals surface area contributed by atoms with Crippen LogP contribution in [0.3, 0.4) is 0 Å². The van der Waals surface area contributed by atoms with Gasteiger partial charge in [-0.1, -0.05) is 5.57 Å². The van der Waals surface area contributed by atoms with Gasteiger partial charge in [0, 0.05) is 6.21 Å². The minimum absolute atomic E-state index is 0.654. The highest BCUT2D eigenvalue weighted by Crippen LogP contribution is 1.82. The van der Waals surface area contributed by atoms with Gasteiger partial charge in [0.1, 0.15) is 0 Å². The highest BCUT2D eigenvalue weighted by atomic mass is 16.2. The summed E-state index contributed by atoms with van der Waals surface area (Å²) in [6, 6.07) is -0.654. The van der Waals surface area contributed by atoms with E-state index in [9.17, 15) is 4.79 Å². The quantitative estimate of drug-likeness (QED) is 0.429. The molecule has 0 bridgehead atoms. The Morgan fingerprint density at radius 2 is 2.20 bits per heavy atom. The first-order valence-corrected chi connectivity index (χ1v) is 2.85. The number of allylic oxidation sites excluding steroid dienone is 2. The van der Waals surface area contributed by atoms with Gasteiger partial charge in [-0.15, -0.1) is 0 Å². The first kappa shape index (κ1) is 8.68. The number of primary amides is 1. The van der Waals surface area contributed by atoms with Crippen LogP contribution >= 0.6 is 0 Å². The Bertz CT molecular complexity index is 168. The van der Waals surface area contributed by atoms with E-state index >= 15 is 0 Å². The summed E-state index contributed by atoms with van der Waals surface area (Å²) in [5.41, 5.74) is 7.90. The van der Waals surface area contributed by atoms with Crippen molar-refractivity contribution in [1.82, 2.24) is 5.43 Å². The number of hydrazone groups is 1. The molecule has 0 aromatic heterocycles. The summed E-state index contributed by atoms with van der Waals surface area (Å²) < 4.78 is 0. The number of nitrogens with zero attached hydrogens (tertiary/aromatic N) is 1. The second-order valence-corrected chi connectivity index (χ2v) is 2.00. The molecule has 0 spiro atoms. The molecule has 0 aromatic carbocycles. The first-order valence-electron chi connectivity index (χ1n) is 2.85. The van der Waals surface area contributed by atoms with Crippen molar-refractivity contribution in [3.63, 3.8) is 0 Å². The summed E-state index contributed by atoms with van der Waals surface area (Å²) >= 11 is 0. The standard InChI is InChI=1S/C6H11N3O/c1-5(2)3-4-8-9-6(7)10/h3-4H,1-2H3,(H3,7,9,10). The number of hydrogen-bond acceptors (Lipinski definition) is 2. The fourth-order valence-electron chi connectivity index (χ4n) is 0.287. The molecule has 0 fully saturated rings. The van der Waals surface area contributed by atoms with Gasteiger partial charge in [-0.05, 0) is 19.9 Å². The van der Waals surface area contributed by atoms with Crippen LogP contribution in [-0.4, -0.2) is 12.2 Å². The molecule has 2 amide bonds. The number of rotatable bonds is 2. The third kappa shape index (κ3) is 6.68. The number of carbonyl (C=O) groups is 1. The summed E-state index contributed by atoms with van der Waals surface area (Å²) in [4.78, 5) is 10.0. The van der Waals surface area contributed by atoms with Gasteiger partial charge in [-0.2, -0.15) is 5.10 Å². The van der Waals surface area contributed by atoms with E-state index in [1.807, 2.05) is 13.8 Å². The number of nitrogens with two attached hydrogens (primary N) is 1. The third-order valence-electron chi connectivity index (χ3n) is 0.657. The lowest BCUT2D eigenvalue weighted by atomic mass is 10.3. The highest BCUT2D eigenvalue weighted by molar-refractivity contribution is 5.76. The van der Waals surface area contributed by atoms with Crippen LogP contribution in [0.1, 0.15) is 13.8 Å². The fourth-order valence-corrected chi connectivity index (χ4v) is 0.287. The topological polar surface area (TPSA) is 67.5 Å². The molecule has 56 valence electrons. The predicted octanol–water partition coefficient (Wildman–Crippen LogP) is 0.607. The van der Waals surface area contributed by atoms with Crippen LogP contribution in [0, 0.1) is 0 Å². The van der Waals surface area contributed by atoms with Crippen LogP contribution in [0.2, 0.25) is 0 Å². The molecule has 0 unspecified atom stereocenters. The van der Waals surface area contributed by atoms with Crippen LogP contribution in [0.25, 0.3) is 0 Å². The third-order valence-corrected chi connectivity index (χ3v) is 0.657. The number of amides is 2. The molecule has 3 N–H and O–H groups in total. The van der Waals surface area contributed by atoms with Gasteiger partial charge in [0.15, 0.2) is 0 Å². The Labute approximate surface area is 59.8 Å². The van der Waals surface area contributed by atoms with E-state index < -0.39 is 6.03 Å². The van der Waals surface area contributed by atoms with E-state index in [2.05, 4.69) is 10.5 Å². The fraction of sp³-hybridized carbons (Fsp3) is 0.333. The highest BCUT2D eigenvalue weighted by Gasteiger charge is 1.80. The molecular formula is C6H11N3O. The van der Waals surface area contributed by atoms with Crippen LogP contribution < -0.4 is 11.2 Å². The molecule has 0 aromatic rings. The molecule has 0 heterocycles. The minimum Gasteiger partial charge on any atom is -0.350 e. The molecule has 10 heavy (non-hydrogen) atoms. The van der Waals surface area contributed by atoms with Gasteiger partial charge in [0.25, 0.3) is 0 Å². The van der Waals surface area contributed by atoms with Gasteiger partial charge in [-0.3, -0.25) is 0 Å². The second kappa shape index (κ2) is 4.55. The normalized spacial score (nSPS) is 9.40. The molecule has 0 saturated carbocycles. The lowest BCUT2D eigenvalue weighted by Crippen LogP contribution is -2.24. The van der Waals surface area contributed by atoms with Crippen LogP contribution in [0.4, 0.5) is 4.79 Å². The van der Waals surface area contributed by atoms with Gasteiger partial charge in [0.05, 0.1) is 0 Å². The molecule has 0 aliphatic heterocycles. The predicted molar refractivity (Wildman–Crippen MR) is 40.6 cm³/mol. The second-order valence-electron chi connectivity index (χ2n) is 2.00. The summed E-state index contributed by atoms with van der Waals surface area (Å²) in [5, 5.41) is 3.49. The Balaban J connectivity index is 3.58. The Morgan fingerprint density at radius 3 is 2.60 bits per heavy atom. The SMILES string of the molecule is CC(C)=CC=NNC(N)=O. The molecule has 0 aliphatic carbocycles. The maximum absolute atomic E-state index is 10.0. The van der Waals surface area contributed by atoms with Gasteiger partial charge in [0.2, 0.25) is 0 Å². The zero-order chi connectivity index (χ0) is 7.98. The monoisotopic (exact) mass is 141 g/mol. The summed E-state index contributed by atoms with van der Waals surface area (Å²) in [6.07, 6.45) is 3.23. The average molecular weight is 141 g/mol. The number of urea groups is 1. The lowest BCUT2D eigenvalue weighted by Gasteiger charge is -1.87. The zero-order valence-electron chi connectivity index (χ0n) is 6.09. The van der Waals surface area contributed by atoms with E-state index in [1.165, 1.54) is 6.21 Å². The van der Waals surface area contributed by atoms with Crippen LogP contribution in [-0.2, 0) is 0 Å². The molecule has 0 aliphatic rings. The molecule has 0 saturated heterocycles. The van der Waals surface area contributed by atoms with Crippen LogP contribution in [0.5, 0.6) is 0 Å². The van der Waals surface area contributed by atoms with Crippen molar-refractivity contribution in [2.75, 3.05) is 0 Å². The number of hydrogen-bond donors (Lipinski definition) is 2. The lowest BCUT2D eigenvalue weighted by molar-refractivity contribution is 0.249. The molecule has 4 nitrogen and oxygen atoms in total. The Hall–Kier alpha value is -1.32. The van der Waals surface area contributed by atoms with E-state index in [0.29, 0.717) is 0 Å². The number of carbonyl (C=O) groups excluding carboxylic acids is 1. The van der Waals surface area contributed by atoms with Crippen molar-refractivity contribution in [3.05, 3.63) is 11.6 Å². The van der Waals surface area contributed by atoms with E-state index in [-0.39, 0.29) is 0 Å². The molecule has 0 radical (unpaired) electrons. The Kier molecular flexibility index (Phi) is 3.95. The van der Waals surface area contributed by atoms with Gasteiger partial charge in [-0.25, -0.2) is 10.2 Å². The maximum Gasteiger partial charge on any atom is 0.332 e. The van der Waals surface area contributed by atoms with Crippen molar-refractivity contribution in [2.45, 2.75) is 13.8 Å². The smallest absolute Gasteiger partial charge is 0.332 e. The average Bonchev–Trinajstić information content (AvgIpc) is 1.79. The van der Waals surface area contributed by atoms with Crippen molar-refractivity contribution in [2.24, 2.45) is 10.8 Å². The van der Waals surface area contributed by atoms with Crippen molar-refractivity contribution < 1.29 is 4.79 Å². The van der Waals surface area contributed by atoms with E-state index in [0.717, 1.165) is 5.57 Å². The largest absolute Gasteiger partial charge is 0.350 e. The molecule has 4 heteroatoms. The minimum atomic E-state index is -0.654. The van der Waals surface area contributed by atoms with E-state index in [1.54, 1.807) is 6.08 Å². The van der Waals surface area contributed by atoms with Gasteiger partial charge >= 0.3 is 6.03 Å². The summed E-state index contributed by atoms with van der Waals surface area (Å²) in [7, 11) is 0. The molecular weight excluding hydrogens is 130 g/mol. The van der Waals surface area contributed by atoms with Crippen molar-refractivity contribution in [1.29, 1.82) is 0 Å². The van der Waals surface area contributed by atoms with Crippen molar-refractivity contribution >= 4 is 12.2 Å². The van der Waals surface area contributed by atoms with Gasteiger partial charge < -0.3 is 5.73 Å². The summed E-state index contributed by atoms with van der Waals surface area (Å²) in [6.45, 7) is 3.85. The molecule has 0 rings (SSSR count). The van der Waals surface area contributed by atoms with E-state index in [4.69, 9.17) is 5.73 Å². The Morgan fingerprint density at radius 1 is 1.60 bits per heavy atom. The van der Waals surface area contributed by atoms with Crippen LogP contribution in [0.15, 0.2) is 16.8 Å².